The number of rotatable bonds is 18. The number of aliphatic hydroxyl groups excluding tert-OH is 1. The van der Waals surface area contributed by atoms with Gasteiger partial charge in [-0.25, -0.2) is 20.1 Å². The van der Waals surface area contributed by atoms with E-state index in [1.54, 1.807) is 20.8 Å². The quantitative estimate of drug-likeness (QED) is 0.131. The van der Waals surface area contributed by atoms with Crippen LogP contribution in [0.4, 0.5) is 0 Å². The maximum Gasteiger partial charge on any atom is 0.342 e. The second kappa shape index (κ2) is 16.6. The van der Waals surface area contributed by atoms with E-state index >= 15 is 0 Å². The highest BCUT2D eigenvalue weighted by molar-refractivity contribution is 7.54. The van der Waals surface area contributed by atoms with Crippen molar-refractivity contribution in [3.63, 3.8) is 0 Å². The molecular formula is C30H51N6O10P. The minimum Gasteiger partial charge on any atom is -0.476 e. The first-order valence-corrected chi connectivity index (χ1v) is 17.7. The van der Waals surface area contributed by atoms with Crippen molar-refractivity contribution < 1.29 is 47.8 Å². The largest absolute Gasteiger partial charge is 0.476 e. The molecule has 1 saturated heterocycles. The lowest BCUT2D eigenvalue weighted by molar-refractivity contribution is -0.146. The van der Waals surface area contributed by atoms with E-state index in [0.717, 1.165) is 0 Å². The number of fused-ring (bicyclic) bond motifs is 1. The van der Waals surface area contributed by atoms with Crippen molar-refractivity contribution >= 4 is 30.8 Å². The first-order chi connectivity index (χ1) is 22.1. The fourth-order valence-corrected chi connectivity index (χ4v) is 7.14. The first kappa shape index (κ1) is 38.7. The molecule has 2 aromatic rings. The van der Waals surface area contributed by atoms with Crippen LogP contribution in [0.3, 0.4) is 0 Å². The first-order valence-electron chi connectivity index (χ1n) is 16.1. The molecule has 16 nitrogen and oxygen atoms in total. The molecule has 1 fully saturated rings. The number of carbonyl (C=O) groups is 2. The van der Waals surface area contributed by atoms with E-state index in [-0.39, 0.29) is 43.8 Å². The van der Waals surface area contributed by atoms with Crippen molar-refractivity contribution in [2.75, 3.05) is 26.4 Å². The molecule has 1 aliphatic rings. The number of carbonyl (C=O) groups excluding carboxylic acids is 2. The normalized spacial score (nSPS) is 24.0. The Hall–Kier alpha value is -2.72. The highest BCUT2D eigenvalue weighted by atomic mass is 31.2. The van der Waals surface area contributed by atoms with Crippen LogP contribution in [0.15, 0.2) is 6.33 Å². The average molecular weight is 687 g/mol. The highest BCUT2D eigenvalue weighted by Crippen LogP contribution is 2.45. The number of hydrogen-bond donors (Lipinski definition) is 4. The van der Waals surface area contributed by atoms with Gasteiger partial charge in [0.2, 0.25) is 5.88 Å². The van der Waals surface area contributed by atoms with Gasteiger partial charge in [0.25, 0.3) is 0 Å². The van der Waals surface area contributed by atoms with Gasteiger partial charge < -0.3 is 33.7 Å². The summed E-state index contributed by atoms with van der Waals surface area (Å²) in [5, 5.41) is 28.3. The second-order valence-corrected chi connectivity index (χ2v) is 14.4. The molecule has 1 aliphatic heterocycles. The van der Waals surface area contributed by atoms with E-state index in [4.69, 9.17) is 23.5 Å². The molecule has 3 unspecified atom stereocenters. The molecular weight excluding hydrogens is 635 g/mol. The minimum absolute atomic E-state index is 0.00147. The molecule has 4 N–H and O–H groups in total. The maximum absolute atomic E-state index is 14.6. The molecule has 2 aromatic heterocycles. The zero-order valence-corrected chi connectivity index (χ0v) is 29.7. The van der Waals surface area contributed by atoms with Crippen molar-refractivity contribution in [1.29, 1.82) is 0 Å². The van der Waals surface area contributed by atoms with Crippen molar-refractivity contribution in [3.8, 4) is 5.88 Å². The fraction of sp³-hybridized carbons (Fsp3) is 0.767. The SMILES string of the molecule is CCOC(=O)C(CC(C)C)NP(=O)(NC(CC(C)C)C(=O)OCC)OC[C@H]1O[C@@H](n2cnc3c(OCC)nc(C)nc32)[C@@](C)(O)C1O. The Morgan fingerprint density at radius 3 is 2.06 bits per heavy atom. The zero-order valence-electron chi connectivity index (χ0n) is 28.8. The zero-order chi connectivity index (χ0) is 35.1. The highest BCUT2D eigenvalue weighted by Gasteiger charge is 2.54. The molecule has 6 atom stereocenters. The summed E-state index contributed by atoms with van der Waals surface area (Å²) >= 11 is 0. The van der Waals surface area contributed by atoms with E-state index < -0.39 is 62.3 Å². The van der Waals surface area contributed by atoms with Gasteiger partial charge in [0, 0.05) is 0 Å². The van der Waals surface area contributed by atoms with Crippen molar-refractivity contribution in [1.82, 2.24) is 29.7 Å². The molecule has 17 heteroatoms. The summed E-state index contributed by atoms with van der Waals surface area (Å²) < 4.78 is 44.1. The van der Waals surface area contributed by atoms with Gasteiger partial charge >= 0.3 is 19.6 Å². The lowest BCUT2D eigenvalue weighted by atomic mass is 9.96. The topological polar surface area (TPSA) is 205 Å². The van der Waals surface area contributed by atoms with Crippen molar-refractivity contribution in [2.45, 2.75) is 111 Å². The number of aliphatic hydroxyl groups is 2. The third-order valence-corrected chi connectivity index (χ3v) is 9.23. The monoisotopic (exact) mass is 686 g/mol. The maximum atomic E-state index is 14.6. The Kier molecular flexibility index (Phi) is 13.7. The minimum atomic E-state index is -4.29. The summed E-state index contributed by atoms with van der Waals surface area (Å²) in [6.45, 7) is 15.8. The number of nitrogens with zero attached hydrogens (tertiary/aromatic N) is 4. The van der Waals surface area contributed by atoms with E-state index in [1.165, 1.54) is 17.8 Å². The van der Waals surface area contributed by atoms with E-state index in [0.29, 0.717) is 23.6 Å². The van der Waals surface area contributed by atoms with Crippen LogP contribution in [0.5, 0.6) is 5.88 Å². The van der Waals surface area contributed by atoms with Crippen LogP contribution in [-0.2, 0) is 32.9 Å². The summed E-state index contributed by atoms with van der Waals surface area (Å²) in [6, 6.07) is -2.11. The average Bonchev–Trinajstić information content (AvgIpc) is 3.48. The van der Waals surface area contributed by atoms with Crippen LogP contribution in [0.1, 0.15) is 80.3 Å². The van der Waals surface area contributed by atoms with Crippen molar-refractivity contribution in [3.05, 3.63) is 12.2 Å². The summed E-state index contributed by atoms with van der Waals surface area (Å²) in [5.74, 6) is -0.621. The summed E-state index contributed by atoms with van der Waals surface area (Å²) in [4.78, 5) is 38.9. The summed E-state index contributed by atoms with van der Waals surface area (Å²) in [6.07, 6.45) is -2.03. The fourth-order valence-electron chi connectivity index (χ4n) is 5.31. The smallest absolute Gasteiger partial charge is 0.342 e. The van der Waals surface area contributed by atoms with Gasteiger partial charge in [-0.15, -0.1) is 0 Å². The van der Waals surface area contributed by atoms with Gasteiger partial charge in [-0.2, -0.15) is 4.98 Å². The van der Waals surface area contributed by atoms with Crippen LogP contribution >= 0.6 is 7.67 Å². The van der Waals surface area contributed by atoms with Crippen molar-refractivity contribution in [2.24, 2.45) is 11.8 Å². The molecule has 266 valence electrons. The van der Waals surface area contributed by atoms with Gasteiger partial charge in [-0.3, -0.25) is 18.7 Å². The third kappa shape index (κ3) is 9.68. The Labute approximate surface area is 275 Å². The van der Waals surface area contributed by atoms with Crippen LogP contribution < -0.4 is 14.9 Å². The Morgan fingerprint density at radius 2 is 1.57 bits per heavy atom. The summed E-state index contributed by atoms with van der Waals surface area (Å²) in [5.41, 5.74) is -1.23. The number of hydrogen-bond acceptors (Lipinski definition) is 13. The van der Waals surface area contributed by atoms with E-state index in [1.807, 2.05) is 34.6 Å². The molecule has 47 heavy (non-hydrogen) atoms. The molecule has 0 aliphatic carbocycles. The number of imidazole rings is 1. The predicted molar refractivity (Wildman–Crippen MR) is 171 cm³/mol. The molecule has 0 radical (unpaired) electrons. The van der Waals surface area contributed by atoms with Gasteiger partial charge in [-0.05, 0) is 59.3 Å². The molecule has 3 rings (SSSR count). The summed E-state index contributed by atoms with van der Waals surface area (Å²) in [7, 11) is -4.29. The van der Waals surface area contributed by atoms with E-state index in [9.17, 15) is 24.4 Å². The lowest BCUT2D eigenvalue weighted by Crippen LogP contribution is -2.47. The van der Waals surface area contributed by atoms with E-state index in [2.05, 4.69) is 25.1 Å². The Bertz CT molecular complexity index is 1360. The Morgan fingerprint density at radius 1 is 1.02 bits per heavy atom. The van der Waals surface area contributed by atoms with Gasteiger partial charge in [-0.1, -0.05) is 27.7 Å². The van der Waals surface area contributed by atoms with Gasteiger partial charge in [0.1, 0.15) is 35.7 Å². The standard InChI is InChI=1S/C30H51N6O10P/c1-10-42-26-23-25(32-19(8)33-26)36(16-31-23)29-30(9,40)24(37)22(46-29)15-45-47(41,34-20(13-17(4)5)27(38)43-11-2)35-21(14-18(6)7)28(39)44-12-3/h16-18,20-22,24,29,37,40H,10-15H2,1-9H3,(H2,34,35,41)/t20?,21?,22-,24?,29-,30+,47?/m1/s1. The van der Waals surface area contributed by atoms with Gasteiger partial charge in [0.05, 0.1) is 32.8 Å². The van der Waals surface area contributed by atoms with Crippen LogP contribution in [0, 0.1) is 18.8 Å². The number of ether oxygens (including phenoxy) is 4. The molecule has 0 spiro atoms. The molecule has 0 aromatic carbocycles. The lowest BCUT2D eigenvalue weighted by Gasteiger charge is -2.30. The number of aryl methyl sites for hydroxylation is 1. The predicted octanol–water partition coefficient (Wildman–Crippen LogP) is 2.80. The second-order valence-electron chi connectivity index (χ2n) is 12.5. The molecule has 0 amide bonds. The van der Waals surface area contributed by atoms with Gasteiger partial charge in [0.15, 0.2) is 17.4 Å². The Balaban J connectivity index is 1.94. The van der Waals surface area contributed by atoms with Crippen LogP contribution in [0.25, 0.3) is 11.2 Å². The number of nitrogens with one attached hydrogen (secondary N) is 2. The molecule has 0 bridgehead atoms. The van der Waals surface area contributed by atoms with Crippen LogP contribution in [-0.4, -0.2) is 98.0 Å². The number of aromatic nitrogens is 4. The molecule has 0 saturated carbocycles. The molecule has 3 heterocycles. The van der Waals surface area contributed by atoms with Crippen LogP contribution in [0.2, 0.25) is 0 Å². The third-order valence-electron chi connectivity index (χ3n) is 7.42. The number of esters is 2.